The average Bonchev–Trinajstić information content (AvgIpc) is 3.48. The molecule has 3 aromatic rings. The van der Waals surface area contributed by atoms with Crippen LogP contribution in [0.4, 0.5) is 11.8 Å². The predicted molar refractivity (Wildman–Crippen MR) is 155 cm³/mol. The van der Waals surface area contributed by atoms with E-state index < -0.39 is 10.4 Å². The van der Waals surface area contributed by atoms with Crippen molar-refractivity contribution in [3.8, 4) is 5.75 Å². The number of carbonyl (C=O) groups excluding carboxylic acids is 1. The number of halogens is 1. The molecule has 236 valence electrons. The molecule has 1 fully saturated rings. The number of nitrogens with zero attached hydrogens (tertiary/aromatic N) is 5. The largest absolute Gasteiger partial charge is 0.759 e. The van der Waals surface area contributed by atoms with Gasteiger partial charge in [0.1, 0.15) is 23.0 Å². The second kappa shape index (κ2) is 18.1. The Bertz CT molecular complexity index is 1400. The number of ether oxygens (including phenoxy) is 1. The second-order valence-corrected chi connectivity index (χ2v) is 9.92. The molecule has 43 heavy (non-hydrogen) atoms. The molecule has 0 aliphatic carbocycles. The third-order valence-corrected chi connectivity index (χ3v) is 5.99. The molecule has 1 saturated heterocycles. The van der Waals surface area contributed by atoms with Gasteiger partial charge in [0.15, 0.2) is 0 Å². The lowest BCUT2D eigenvalue weighted by Crippen LogP contribution is -2.34. The first-order valence-electron chi connectivity index (χ1n) is 12.8. The molecule has 2 aromatic heterocycles. The minimum Gasteiger partial charge on any atom is -0.759 e. The van der Waals surface area contributed by atoms with Crippen LogP contribution in [0.1, 0.15) is 34.6 Å². The van der Waals surface area contributed by atoms with Gasteiger partial charge in [-0.1, -0.05) is 17.7 Å². The van der Waals surface area contributed by atoms with Gasteiger partial charge in [0.05, 0.1) is 37.9 Å². The highest BCUT2D eigenvalue weighted by molar-refractivity contribution is 7.79. The van der Waals surface area contributed by atoms with Gasteiger partial charge in [0, 0.05) is 48.6 Å². The summed E-state index contributed by atoms with van der Waals surface area (Å²) in [7, 11) is -3.61. The van der Waals surface area contributed by atoms with Crippen molar-refractivity contribution in [3.63, 3.8) is 0 Å². The van der Waals surface area contributed by atoms with Gasteiger partial charge < -0.3 is 45.3 Å². The van der Waals surface area contributed by atoms with Crippen molar-refractivity contribution >= 4 is 39.7 Å². The fraction of sp³-hybridized carbons (Fsp3) is 0.400. The first-order chi connectivity index (χ1) is 20.5. The number of benzene rings is 1. The van der Waals surface area contributed by atoms with E-state index in [1.165, 1.54) is 6.20 Å². The number of carbonyl (C=O) groups is 1. The summed E-state index contributed by atoms with van der Waals surface area (Å²) in [4.78, 5) is 32.2. The molecular weight excluding hydrogens is 608 g/mol. The average molecular weight is 641 g/mol. The van der Waals surface area contributed by atoms with E-state index in [0.29, 0.717) is 47.0 Å². The lowest BCUT2D eigenvalue weighted by molar-refractivity contribution is 0.0950. The Kier molecular flexibility index (Phi) is 14.9. The molecule has 4 rings (SSSR count). The highest BCUT2D eigenvalue weighted by atomic mass is 35.5. The summed E-state index contributed by atoms with van der Waals surface area (Å²) >= 11 is 6.25. The topological polar surface area (TPSA) is 252 Å². The number of hydrogen-bond acceptors (Lipinski definition) is 15. The van der Waals surface area contributed by atoms with Crippen molar-refractivity contribution in [2.45, 2.75) is 32.0 Å². The molecule has 1 unspecified atom stereocenters. The van der Waals surface area contributed by atoms with Gasteiger partial charge in [0.25, 0.3) is 5.91 Å². The number of aliphatic hydroxyl groups excluding tert-OH is 2. The highest BCUT2D eigenvalue weighted by Gasteiger charge is 2.27. The highest BCUT2D eigenvalue weighted by Crippen LogP contribution is 2.27. The van der Waals surface area contributed by atoms with Crippen molar-refractivity contribution in [2.75, 3.05) is 43.6 Å². The zero-order chi connectivity index (χ0) is 31.8. The quantitative estimate of drug-likeness (QED) is 0.145. The minimum absolute atomic E-state index is 0.0236. The maximum absolute atomic E-state index is 13.0. The third kappa shape index (κ3) is 12.6. The van der Waals surface area contributed by atoms with Gasteiger partial charge in [-0.15, -0.1) is 0 Å². The second-order valence-electron chi connectivity index (χ2n) is 8.69. The number of hydrogen-bond donors (Lipinski definition) is 5. The van der Waals surface area contributed by atoms with Crippen LogP contribution >= 0.6 is 11.6 Å². The van der Waals surface area contributed by atoms with Gasteiger partial charge >= 0.3 is 0 Å². The number of methoxy groups -OCH3 is 1. The number of amides is 1. The Morgan fingerprint density at radius 1 is 1.21 bits per heavy atom. The molecule has 6 N–H and O–H groups in total. The van der Waals surface area contributed by atoms with E-state index in [0.717, 1.165) is 24.9 Å². The first kappa shape index (κ1) is 35.5. The Morgan fingerprint density at radius 3 is 2.47 bits per heavy atom. The molecule has 3 heterocycles. The minimum atomic E-state index is -5.17. The zero-order valence-corrected chi connectivity index (χ0v) is 24.8. The predicted octanol–water partition coefficient (Wildman–Crippen LogP) is 0.0312. The van der Waals surface area contributed by atoms with Gasteiger partial charge in [-0.25, -0.2) is 15.0 Å². The summed E-state index contributed by atoms with van der Waals surface area (Å²) in [6, 6.07) is 7.14. The SMILES string of the molecule is COc1ccc(CNc2nc(N3CCCC3CO)ncc2C(=O)NCc2ncccn2)cc1Cl.NCCO.O=S(=O)([O-])[O-]. The Morgan fingerprint density at radius 2 is 1.88 bits per heavy atom. The van der Waals surface area contributed by atoms with Crippen molar-refractivity contribution < 1.29 is 37.3 Å². The Hall–Kier alpha value is -3.71. The lowest BCUT2D eigenvalue weighted by atomic mass is 10.2. The summed E-state index contributed by atoms with van der Waals surface area (Å²) < 4.78 is 39.3. The number of nitrogens with one attached hydrogen (secondary N) is 2. The summed E-state index contributed by atoms with van der Waals surface area (Å²) in [5.74, 6) is 1.58. The normalized spacial score (nSPS) is 14.1. The number of aliphatic hydroxyl groups is 2. The van der Waals surface area contributed by atoms with E-state index in [-0.39, 0.29) is 31.7 Å². The monoisotopic (exact) mass is 640 g/mol. The van der Waals surface area contributed by atoms with Crippen LogP contribution in [0.3, 0.4) is 0 Å². The number of nitrogens with two attached hydrogens (primary N) is 1. The van der Waals surface area contributed by atoms with E-state index in [9.17, 15) is 9.90 Å². The fourth-order valence-electron chi connectivity index (χ4n) is 3.78. The van der Waals surface area contributed by atoms with Crippen LogP contribution in [0.15, 0.2) is 42.9 Å². The van der Waals surface area contributed by atoms with Crippen LogP contribution in [0.25, 0.3) is 0 Å². The zero-order valence-electron chi connectivity index (χ0n) is 23.2. The summed E-state index contributed by atoms with van der Waals surface area (Å²) in [5.41, 5.74) is 5.96. The maximum Gasteiger partial charge on any atom is 0.256 e. The standard InChI is InChI=1S/C23H26ClN7O3.C2H7NO.H2O4S/c1-34-19-6-5-15(10-18(19)24)11-27-21-17(22(33)28-13-20-25-7-3-8-26-20)12-29-23(30-21)31-9-2-4-16(31)14-32;3-1-2-4;1-5(2,3)4/h3,5-8,10,12,16,32H,2,4,9,11,13-14H2,1H3,(H,28,33)(H,27,29,30);4H,1-3H2;(H2,1,2,3,4)/p-2. The number of anilines is 2. The molecule has 0 spiro atoms. The van der Waals surface area contributed by atoms with Crippen LogP contribution in [0.2, 0.25) is 5.02 Å². The summed E-state index contributed by atoms with van der Waals surface area (Å²) in [6.45, 7) is 1.80. The molecule has 1 aliphatic rings. The first-order valence-corrected chi connectivity index (χ1v) is 14.5. The molecule has 18 heteroatoms. The van der Waals surface area contributed by atoms with Gasteiger partial charge in [0.2, 0.25) is 5.95 Å². The number of aromatic nitrogens is 4. The van der Waals surface area contributed by atoms with Crippen LogP contribution in [0, 0.1) is 0 Å². The molecule has 1 aromatic carbocycles. The Labute approximate surface area is 253 Å². The van der Waals surface area contributed by atoms with E-state index in [1.54, 1.807) is 37.7 Å². The Balaban J connectivity index is 0.000000630. The van der Waals surface area contributed by atoms with Gasteiger partial charge in [-0.05, 0) is 36.6 Å². The van der Waals surface area contributed by atoms with E-state index in [4.69, 9.17) is 44.7 Å². The van der Waals surface area contributed by atoms with Crippen LogP contribution in [-0.2, 0) is 23.5 Å². The molecular formula is C25H33ClN8O8S-2. The maximum atomic E-state index is 13.0. The van der Waals surface area contributed by atoms with E-state index >= 15 is 0 Å². The van der Waals surface area contributed by atoms with Crippen molar-refractivity contribution in [1.82, 2.24) is 25.3 Å². The van der Waals surface area contributed by atoms with Crippen LogP contribution < -0.4 is 26.0 Å². The van der Waals surface area contributed by atoms with Gasteiger partial charge in [-0.3, -0.25) is 13.2 Å². The molecule has 16 nitrogen and oxygen atoms in total. The number of rotatable bonds is 10. The fourth-order valence-corrected chi connectivity index (χ4v) is 4.06. The van der Waals surface area contributed by atoms with E-state index in [1.807, 2.05) is 11.0 Å². The molecule has 0 bridgehead atoms. The van der Waals surface area contributed by atoms with Crippen LogP contribution in [0.5, 0.6) is 5.75 Å². The molecule has 1 amide bonds. The van der Waals surface area contributed by atoms with Crippen molar-refractivity contribution in [2.24, 2.45) is 5.73 Å². The molecule has 0 radical (unpaired) electrons. The summed E-state index contributed by atoms with van der Waals surface area (Å²) in [6.07, 6.45) is 6.55. The molecule has 0 saturated carbocycles. The smallest absolute Gasteiger partial charge is 0.256 e. The molecule has 1 aliphatic heterocycles. The van der Waals surface area contributed by atoms with Crippen LogP contribution in [-0.4, -0.2) is 93.0 Å². The summed E-state index contributed by atoms with van der Waals surface area (Å²) in [5, 5.41) is 24.0. The van der Waals surface area contributed by atoms with E-state index in [2.05, 4.69) is 30.6 Å². The van der Waals surface area contributed by atoms with Crippen molar-refractivity contribution in [1.29, 1.82) is 0 Å². The van der Waals surface area contributed by atoms with Gasteiger partial charge in [-0.2, -0.15) is 4.98 Å². The third-order valence-electron chi connectivity index (χ3n) is 5.70. The molecule has 1 atom stereocenters. The lowest BCUT2D eigenvalue weighted by Gasteiger charge is -2.24. The van der Waals surface area contributed by atoms with Crippen molar-refractivity contribution in [3.05, 3.63) is 64.8 Å².